The zero-order valence-electron chi connectivity index (χ0n) is 9.60. The third kappa shape index (κ3) is 3.91. The lowest BCUT2D eigenvalue weighted by molar-refractivity contribution is -0.0000195. The Morgan fingerprint density at radius 1 is 1.17 bits per heavy atom. The summed E-state index contributed by atoms with van der Waals surface area (Å²) in [5, 5.41) is 12.0. The van der Waals surface area contributed by atoms with Gasteiger partial charge in [0.1, 0.15) is 5.76 Å². The Morgan fingerprint density at radius 3 is 2.44 bits per heavy atom. The van der Waals surface area contributed by atoms with Gasteiger partial charge in [0.05, 0.1) is 18.4 Å². The summed E-state index contributed by atoms with van der Waals surface area (Å²) in [7, 11) is 0. The molecule has 0 fully saturated rings. The molecule has 0 spiro atoms. The summed E-state index contributed by atoms with van der Waals surface area (Å²) >= 11 is 0. The molecule has 2 aromatic rings. The van der Waals surface area contributed by atoms with Crippen LogP contribution in [-0.4, -0.2) is 11.1 Å². The minimum Gasteiger partial charge on any atom is -1.00 e. The van der Waals surface area contributed by atoms with E-state index in [4.69, 9.17) is 9.52 Å². The zero-order chi connectivity index (χ0) is 12.1. The molecule has 18 heavy (non-hydrogen) atoms. The van der Waals surface area contributed by atoms with Gasteiger partial charge in [-0.2, -0.15) is 0 Å². The Kier molecular flexibility index (Phi) is 5.42. The molecule has 0 aliphatic rings. The maximum absolute atomic E-state index is 10.7. The van der Waals surface area contributed by atoms with Crippen molar-refractivity contribution in [2.24, 2.45) is 0 Å². The van der Waals surface area contributed by atoms with Crippen LogP contribution < -0.4 is 17.7 Å². The van der Waals surface area contributed by atoms with E-state index in [1.807, 2.05) is 12.1 Å². The van der Waals surface area contributed by atoms with Gasteiger partial charge in [-0.05, 0) is 29.8 Å². The highest BCUT2D eigenvalue weighted by molar-refractivity contribution is 5.87. The van der Waals surface area contributed by atoms with E-state index >= 15 is 0 Å². The second-order valence-electron chi connectivity index (χ2n) is 3.68. The molecule has 0 bridgehead atoms. The number of hydrogen-bond acceptors (Lipinski definition) is 3. The van der Waals surface area contributed by atoms with E-state index in [-0.39, 0.29) is 12.4 Å². The molecular formula is C13H13ClNO3-. The van der Waals surface area contributed by atoms with Gasteiger partial charge in [0.25, 0.3) is 0 Å². The number of carbonyl (C=O) groups is 1. The van der Waals surface area contributed by atoms with Gasteiger partial charge in [-0.1, -0.05) is 12.1 Å². The highest BCUT2D eigenvalue weighted by atomic mass is 35.5. The fraction of sp³-hybridized carbons (Fsp3) is 0.154. The molecule has 1 heterocycles. The standard InChI is InChI=1S/C13H13NO3.ClH/c15-13(16)11-5-3-10(4-6-11)8-14-9-12-2-1-7-17-12;/h1-7,14H,8-9H2,(H,15,16);1H/p-1. The van der Waals surface area contributed by atoms with Crippen LogP contribution in [0.1, 0.15) is 21.7 Å². The van der Waals surface area contributed by atoms with E-state index in [1.54, 1.807) is 30.5 Å². The second kappa shape index (κ2) is 6.83. The molecule has 0 atom stereocenters. The maximum atomic E-state index is 10.7. The van der Waals surface area contributed by atoms with Gasteiger partial charge < -0.3 is 27.2 Å². The molecule has 1 aromatic heterocycles. The van der Waals surface area contributed by atoms with Crippen molar-refractivity contribution in [1.29, 1.82) is 0 Å². The number of carboxylic acids is 1. The quantitative estimate of drug-likeness (QED) is 0.749. The van der Waals surface area contributed by atoms with E-state index in [9.17, 15) is 4.79 Å². The molecular weight excluding hydrogens is 254 g/mol. The molecule has 5 heteroatoms. The molecule has 2 rings (SSSR count). The van der Waals surface area contributed by atoms with Crippen molar-refractivity contribution in [3.8, 4) is 0 Å². The largest absolute Gasteiger partial charge is 1.00 e. The van der Waals surface area contributed by atoms with Crippen molar-refractivity contribution in [3.05, 3.63) is 59.5 Å². The first-order valence-corrected chi connectivity index (χ1v) is 5.31. The van der Waals surface area contributed by atoms with Crippen molar-refractivity contribution in [2.45, 2.75) is 13.1 Å². The van der Waals surface area contributed by atoms with Crippen LogP contribution in [0.15, 0.2) is 47.1 Å². The minimum atomic E-state index is -0.903. The van der Waals surface area contributed by atoms with Crippen molar-refractivity contribution in [2.75, 3.05) is 0 Å². The third-order valence-corrected chi connectivity index (χ3v) is 2.41. The first-order chi connectivity index (χ1) is 8.25. The molecule has 0 unspecified atom stereocenters. The molecule has 0 aliphatic heterocycles. The molecule has 1 aromatic carbocycles. The minimum absolute atomic E-state index is 0. The summed E-state index contributed by atoms with van der Waals surface area (Å²) in [6.07, 6.45) is 1.64. The number of benzene rings is 1. The van der Waals surface area contributed by atoms with Gasteiger partial charge in [-0.15, -0.1) is 0 Å². The predicted octanol–water partition coefficient (Wildman–Crippen LogP) is -0.728. The van der Waals surface area contributed by atoms with Crippen LogP contribution >= 0.6 is 0 Å². The second-order valence-corrected chi connectivity index (χ2v) is 3.68. The van der Waals surface area contributed by atoms with Crippen LogP contribution in [0.25, 0.3) is 0 Å². The lowest BCUT2D eigenvalue weighted by Crippen LogP contribution is -3.00. The number of nitrogens with one attached hydrogen (secondary N) is 1. The summed E-state index contributed by atoms with van der Waals surface area (Å²) in [5.74, 6) is -0.0211. The number of aromatic carboxylic acids is 1. The summed E-state index contributed by atoms with van der Waals surface area (Å²) in [6.45, 7) is 1.34. The molecule has 96 valence electrons. The smallest absolute Gasteiger partial charge is 0.335 e. The van der Waals surface area contributed by atoms with Crippen LogP contribution in [0, 0.1) is 0 Å². The van der Waals surface area contributed by atoms with Gasteiger partial charge in [0.2, 0.25) is 0 Å². The number of halogens is 1. The Bertz CT molecular complexity index is 479. The van der Waals surface area contributed by atoms with Crippen LogP contribution in [0.5, 0.6) is 0 Å². The lowest BCUT2D eigenvalue weighted by atomic mass is 10.1. The SMILES string of the molecule is O=C(O)c1ccc(CNCc2ccco2)cc1.[Cl-]. The van der Waals surface area contributed by atoms with Gasteiger partial charge in [0, 0.05) is 6.54 Å². The third-order valence-electron chi connectivity index (χ3n) is 2.41. The van der Waals surface area contributed by atoms with E-state index in [0.29, 0.717) is 18.7 Å². The zero-order valence-corrected chi connectivity index (χ0v) is 10.4. The Morgan fingerprint density at radius 2 is 1.89 bits per heavy atom. The number of rotatable bonds is 5. The van der Waals surface area contributed by atoms with Gasteiger partial charge in [-0.3, -0.25) is 0 Å². The predicted molar refractivity (Wildman–Crippen MR) is 62.7 cm³/mol. The number of hydrogen-bond donors (Lipinski definition) is 2. The van der Waals surface area contributed by atoms with Gasteiger partial charge in [-0.25, -0.2) is 4.79 Å². The molecule has 0 aliphatic carbocycles. The summed E-state index contributed by atoms with van der Waals surface area (Å²) in [5.41, 5.74) is 1.35. The number of furan rings is 1. The molecule has 0 saturated carbocycles. The highest BCUT2D eigenvalue weighted by Gasteiger charge is 2.01. The first-order valence-electron chi connectivity index (χ1n) is 5.31. The first kappa shape index (κ1) is 14.3. The average molecular weight is 267 g/mol. The molecule has 0 radical (unpaired) electrons. The van der Waals surface area contributed by atoms with E-state index in [1.165, 1.54) is 0 Å². The Balaban J connectivity index is 0.00000162. The highest BCUT2D eigenvalue weighted by Crippen LogP contribution is 2.05. The molecule has 4 nitrogen and oxygen atoms in total. The van der Waals surface area contributed by atoms with Gasteiger partial charge >= 0.3 is 5.97 Å². The summed E-state index contributed by atoms with van der Waals surface area (Å²) < 4.78 is 5.18. The molecule has 0 saturated heterocycles. The summed E-state index contributed by atoms with van der Waals surface area (Å²) in [6, 6.07) is 10.6. The topological polar surface area (TPSA) is 62.5 Å². The average Bonchev–Trinajstić information content (AvgIpc) is 2.83. The van der Waals surface area contributed by atoms with Crippen molar-refractivity contribution < 1.29 is 26.7 Å². The number of carboxylic acid groups (broad SMARTS) is 1. The Hall–Kier alpha value is -1.78. The monoisotopic (exact) mass is 266 g/mol. The van der Waals surface area contributed by atoms with Gasteiger partial charge in [0.15, 0.2) is 0 Å². The van der Waals surface area contributed by atoms with E-state index < -0.39 is 5.97 Å². The fourth-order valence-corrected chi connectivity index (χ4v) is 1.51. The fourth-order valence-electron chi connectivity index (χ4n) is 1.51. The van der Waals surface area contributed by atoms with Crippen LogP contribution in [0.4, 0.5) is 0 Å². The normalized spacial score (nSPS) is 9.78. The molecule has 0 amide bonds. The Labute approximate surface area is 111 Å². The lowest BCUT2D eigenvalue weighted by Gasteiger charge is -2.03. The van der Waals surface area contributed by atoms with Crippen molar-refractivity contribution in [1.82, 2.24) is 5.32 Å². The van der Waals surface area contributed by atoms with Crippen molar-refractivity contribution in [3.63, 3.8) is 0 Å². The van der Waals surface area contributed by atoms with Crippen LogP contribution in [0.2, 0.25) is 0 Å². The summed E-state index contributed by atoms with van der Waals surface area (Å²) in [4.78, 5) is 10.7. The molecule has 2 N–H and O–H groups in total. The maximum Gasteiger partial charge on any atom is 0.335 e. The van der Waals surface area contributed by atoms with Crippen molar-refractivity contribution >= 4 is 5.97 Å². The van der Waals surface area contributed by atoms with E-state index in [0.717, 1.165) is 11.3 Å². The van der Waals surface area contributed by atoms with Crippen LogP contribution in [0.3, 0.4) is 0 Å². The van der Waals surface area contributed by atoms with E-state index in [2.05, 4.69) is 5.32 Å². The van der Waals surface area contributed by atoms with Crippen LogP contribution in [-0.2, 0) is 13.1 Å².